The molecule has 1 heterocycles. The van der Waals surface area contributed by atoms with Crippen LogP contribution in [0.15, 0.2) is 36.4 Å². The van der Waals surface area contributed by atoms with Gasteiger partial charge in [0.2, 0.25) is 0 Å². The summed E-state index contributed by atoms with van der Waals surface area (Å²) < 4.78 is 33.7. The summed E-state index contributed by atoms with van der Waals surface area (Å²) in [5.41, 5.74) is 0.748. The first-order valence-corrected chi connectivity index (χ1v) is 13.2. The summed E-state index contributed by atoms with van der Waals surface area (Å²) in [7, 11) is -3.53. The maximum atomic E-state index is 13.0. The number of imide groups is 1. The fourth-order valence-corrected chi connectivity index (χ4v) is 4.39. The Bertz CT molecular complexity index is 1250. The Morgan fingerprint density at radius 2 is 1.51 bits per heavy atom. The van der Waals surface area contributed by atoms with Crippen LogP contribution in [0, 0.1) is 0 Å². The van der Waals surface area contributed by atoms with Gasteiger partial charge >= 0.3 is 11.9 Å². The zero-order valence-corrected chi connectivity index (χ0v) is 21.1. The van der Waals surface area contributed by atoms with Crippen LogP contribution in [0.2, 0.25) is 10.0 Å². The molecule has 0 saturated carbocycles. The quantitative estimate of drug-likeness (QED) is 0.349. The van der Waals surface area contributed by atoms with Crippen LogP contribution >= 0.6 is 23.2 Å². The van der Waals surface area contributed by atoms with Crippen molar-refractivity contribution >= 4 is 56.8 Å². The van der Waals surface area contributed by atoms with E-state index < -0.39 is 45.4 Å². The third kappa shape index (κ3) is 6.19. The average molecular weight is 542 g/mol. The van der Waals surface area contributed by atoms with E-state index in [0.717, 1.165) is 6.26 Å². The van der Waals surface area contributed by atoms with Crippen molar-refractivity contribution in [3.8, 4) is 0 Å². The second-order valence-electron chi connectivity index (χ2n) is 7.75. The SMILES string of the molecule is CCOC(=O)c1ccc(COC(=O)[C@@H](CCS(C)(=O)=O)N2C(=O)c3cc(Cl)c(Cl)cc3C2=O)cc1. The van der Waals surface area contributed by atoms with Gasteiger partial charge in [-0.05, 0) is 43.2 Å². The lowest BCUT2D eigenvalue weighted by Gasteiger charge is -2.24. The minimum Gasteiger partial charge on any atom is -0.462 e. The third-order valence-electron chi connectivity index (χ3n) is 5.15. The van der Waals surface area contributed by atoms with E-state index in [2.05, 4.69) is 0 Å². The van der Waals surface area contributed by atoms with E-state index in [4.69, 9.17) is 32.7 Å². The monoisotopic (exact) mass is 541 g/mol. The molecule has 2 aromatic carbocycles. The number of sulfone groups is 1. The molecule has 186 valence electrons. The number of amides is 2. The molecule has 0 aliphatic carbocycles. The van der Waals surface area contributed by atoms with E-state index in [1.165, 1.54) is 24.3 Å². The van der Waals surface area contributed by atoms with Crippen molar-refractivity contribution in [2.45, 2.75) is 26.0 Å². The molecule has 0 spiro atoms. The Kier molecular flexibility index (Phi) is 8.19. The molecule has 0 fully saturated rings. The Morgan fingerprint density at radius 1 is 0.971 bits per heavy atom. The molecular formula is C23H21Cl2NO8S. The summed E-state index contributed by atoms with van der Waals surface area (Å²) in [6, 6.07) is 7.06. The molecule has 1 aliphatic heterocycles. The van der Waals surface area contributed by atoms with Crippen molar-refractivity contribution in [2.75, 3.05) is 18.6 Å². The maximum absolute atomic E-state index is 13.0. The van der Waals surface area contributed by atoms with Gasteiger partial charge in [0.1, 0.15) is 22.5 Å². The highest BCUT2D eigenvalue weighted by Gasteiger charge is 2.44. The smallest absolute Gasteiger partial charge is 0.338 e. The highest BCUT2D eigenvalue weighted by Crippen LogP contribution is 2.33. The number of hydrogen-bond acceptors (Lipinski definition) is 8. The van der Waals surface area contributed by atoms with Crippen LogP contribution in [0.25, 0.3) is 0 Å². The number of ether oxygens (including phenoxy) is 2. The molecule has 0 radical (unpaired) electrons. The summed E-state index contributed by atoms with van der Waals surface area (Å²) in [6.45, 7) is 1.67. The molecule has 9 nitrogen and oxygen atoms in total. The number of nitrogens with zero attached hydrogens (tertiary/aromatic N) is 1. The maximum Gasteiger partial charge on any atom is 0.338 e. The molecule has 2 aromatic rings. The topological polar surface area (TPSA) is 124 Å². The van der Waals surface area contributed by atoms with Gasteiger partial charge in [0.15, 0.2) is 0 Å². The summed E-state index contributed by atoms with van der Waals surface area (Å²) in [4.78, 5) is 51.4. The lowest BCUT2D eigenvalue weighted by molar-refractivity contribution is -0.149. The van der Waals surface area contributed by atoms with Gasteiger partial charge in [-0.2, -0.15) is 0 Å². The second-order valence-corrected chi connectivity index (χ2v) is 10.8. The number of rotatable bonds is 9. The standard InChI is InChI=1S/C23H21Cl2NO8S/c1-3-33-22(29)14-6-4-13(5-7-14)12-34-23(30)19(8-9-35(2,31)32)26-20(27)15-10-17(24)18(25)11-16(15)21(26)28/h4-7,10-11,19H,3,8-9,12H2,1-2H3/t19-/m1/s1. The van der Waals surface area contributed by atoms with E-state index in [1.54, 1.807) is 19.1 Å². The van der Waals surface area contributed by atoms with Crippen molar-refractivity contribution in [2.24, 2.45) is 0 Å². The Balaban J connectivity index is 1.81. The van der Waals surface area contributed by atoms with Crippen LogP contribution in [-0.4, -0.2) is 61.7 Å². The number of benzene rings is 2. The molecule has 1 atom stereocenters. The van der Waals surface area contributed by atoms with Crippen LogP contribution in [-0.2, 0) is 30.7 Å². The zero-order chi connectivity index (χ0) is 25.9. The number of carbonyl (C=O) groups excluding carboxylic acids is 4. The number of fused-ring (bicyclic) bond motifs is 1. The number of carbonyl (C=O) groups is 4. The van der Waals surface area contributed by atoms with Crippen LogP contribution < -0.4 is 0 Å². The van der Waals surface area contributed by atoms with Gasteiger partial charge in [0.05, 0.1) is 39.1 Å². The van der Waals surface area contributed by atoms with Crippen molar-refractivity contribution in [3.05, 3.63) is 68.7 Å². The molecule has 35 heavy (non-hydrogen) atoms. The first-order valence-electron chi connectivity index (χ1n) is 10.4. The molecule has 0 aromatic heterocycles. The van der Waals surface area contributed by atoms with Crippen LogP contribution in [0.5, 0.6) is 0 Å². The zero-order valence-electron chi connectivity index (χ0n) is 18.7. The van der Waals surface area contributed by atoms with Crippen molar-refractivity contribution in [1.29, 1.82) is 0 Å². The summed E-state index contributed by atoms with van der Waals surface area (Å²) in [5.74, 6) is -3.54. The first kappa shape index (κ1) is 26.7. The minimum atomic E-state index is -3.53. The fraction of sp³-hybridized carbons (Fsp3) is 0.304. The van der Waals surface area contributed by atoms with Crippen LogP contribution in [0.3, 0.4) is 0 Å². The third-order valence-corrected chi connectivity index (χ3v) is 6.85. The molecule has 0 saturated heterocycles. The number of halogens is 2. The molecule has 1 aliphatic rings. The van der Waals surface area contributed by atoms with Gasteiger partial charge in [-0.1, -0.05) is 35.3 Å². The fourth-order valence-electron chi connectivity index (χ4n) is 3.42. The molecule has 2 amide bonds. The van der Waals surface area contributed by atoms with Gasteiger partial charge in [0, 0.05) is 6.26 Å². The highest BCUT2D eigenvalue weighted by molar-refractivity contribution is 7.90. The van der Waals surface area contributed by atoms with Gasteiger partial charge in [-0.3, -0.25) is 14.5 Å². The normalized spacial score (nSPS) is 14.0. The second kappa shape index (κ2) is 10.8. The van der Waals surface area contributed by atoms with Gasteiger partial charge < -0.3 is 9.47 Å². The molecule has 0 N–H and O–H groups in total. The highest BCUT2D eigenvalue weighted by atomic mass is 35.5. The largest absolute Gasteiger partial charge is 0.462 e. The predicted octanol–water partition coefficient (Wildman–Crippen LogP) is 3.31. The predicted molar refractivity (Wildman–Crippen MR) is 127 cm³/mol. The van der Waals surface area contributed by atoms with Gasteiger partial charge in [-0.15, -0.1) is 0 Å². The van der Waals surface area contributed by atoms with E-state index in [9.17, 15) is 27.6 Å². The summed E-state index contributed by atoms with van der Waals surface area (Å²) >= 11 is 11.9. The molecular weight excluding hydrogens is 521 g/mol. The van der Waals surface area contributed by atoms with Crippen molar-refractivity contribution in [1.82, 2.24) is 4.90 Å². The number of hydrogen-bond donors (Lipinski definition) is 0. The summed E-state index contributed by atoms with van der Waals surface area (Å²) in [5, 5.41) is 0.102. The Hall–Kier alpha value is -2.95. The van der Waals surface area contributed by atoms with E-state index >= 15 is 0 Å². The van der Waals surface area contributed by atoms with Crippen LogP contribution in [0.4, 0.5) is 0 Å². The average Bonchev–Trinajstić information content (AvgIpc) is 3.02. The summed E-state index contributed by atoms with van der Waals surface area (Å²) in [6.07, 6.45) is 0.620. The van der Waals surface area contributed by atoms with Crippen molar-refractivity contribution < 1.29 is 37.1 Å². The van der Waals surface area contributed by atoms with E-state index in [0.29, 0.717) is 16.0 Å². The van der Waals surface area contributed by atoms with E-state index in [-0.39, 0.29) is 40.8 Å². The molecule has 12 heteroatoms. The van der Waals surface area contributed by atoms with Gasteiger partial charge in [0.25, 0.3) is 11.8 Å². The first-order chi connectivity index (χ1) is 16.4. The van der Waals surface area contributed by atoms with E-state index in [1.807, 2.05) is 0 Å². The molecule has 0 bridgehead atoms. The van der Waals surface area contributed by atoms with Gasteiger partial charge in [-0.25, -0.2) is 18.0 Å². The van der Waals surface area contributed by atoms with Crippen molar-refractivity contribution in [3.63, 3.8) is 0 Å². The Labute approximate surface area is 211 Å². The minimum absolute atomic E-state index is 0.0453. The number of esters is 2. The lowest BCUT2D eigenvalue weighted by atomic mass is 10.1. The molecule has 3 rings (SSSR count). The molecule has 0 unspecified atom stereocenters. The van der Waals surface area contributed by atoms with Crippen LogP contribution in [0.1, 0.15) is 50.0 Å². The Morgan fingerprint density at radius 3 is 2.00 bits per heavy atom. The lowest BCUT2D eigenvalue weighted by Crippen LogP contribution is -2.46.